The third kappa shape index (κ3) is 5.45. The zero-order valence-corrected chi connectivity index (χ0v) is 19.6. The van der Waals surface area contributed by atoms with Crippen LogP contribution in [0.4, 0.5) is 5.69 Å². The van der Waals surface area contributed by atoms with E-state index in [-0.39, 0.29) is 5.41 Å². The van der Waals surface area contributed by atoms with Crippen LogP contribution < -0.4 is 20.7 Å². The molecular formula is C24H27N3O4S. The van der Waals surface area contributed by atoms with Crippen LogP contribution in [-0.4, -0.2) is 27.1 Å². The molecule has 7 nitrogen and oxygen atoms in total. The topological polar surface area (TPSA) is 93.2 Å². The summed E-state index contributed by atoms with van der Waals surface area (Å²) in [6, 6.07) is 12.6. The van der Waals surface area contributed by atoms with Gasteiger partial charge in [-0.15, -0.1) is 0 Å². The van der Waals surface area contributed by atoms with E-state index in [2.05, 4.69) is 30.5 Å². The molecule has 0 spiro atoms. The molecule has 2 N–H and O–H groups in total. The molecule has 0 aliphatic heterocycles. The maximum absolute atomic E-state index is 12.4. The highest BCUT2D eigenvalue weighted by Crippen LogP contribution is 2.37. The minimum atomic E-state index is -1.13. The quantitative estimate of drug-likeness (QED) is 0.557. The van der Waals surface area contributed by atoms with Crippen molar-refractivity contribution in [3.05, 3.63) is 86.2 Å². The molecule has 1 atom stereocenters. The normalized spacial score (nSPS) is 12.7. The van der Waals surface area contributed by atoms with Gasteiger partial charge in [0.15, 0.2) is 0 Å². The monoisotopic (exact) mass is 453 g/mol. The number of H-pyrrole nitrogens is 1. The van der Waals surface area contributed by atoms with Crippen LogP contribution in [0.5, 0.6) is 5.75 Å². The Balaban J connectivity index is 2.11. The van der Waals surface area contributed by atoms with Gasteiger partial charge in [0, 0.05) is 35.3 Å². The lowest BCUT2D eigenvalue weighted by Crippen LogP contribution is -2.28. The molecule has 1 heterocycles. The van der Waals surface area contributed by atoms with E-state index >= 15 is 0 Å². The van der Waals surface area contributed by atoms with Gasteiger partial charge in [0.05, 0.1) is 12.8 Å². The molecule has 168 valence electrons. The molecule has 0 saturated carbocycles. The highest BCUT2D eigenvalue weighted by Gasteiger charge is 2.22. The number of rotatable bonds is 6. The molecule has 8 heteroatoms. The summed E-state index contributed by atoms with van der Waals surface area (Å²) in [7, 11) is 0.493. The number of hydrogen-bond donors (Lipinski definition) is 2. The Morgan fingerprint density at radius 3 is 2.31 bits per heavy atom. The molecule has 3 rings (SSSR count). The molecule has 0 aliphatic carbocycles. The Morgan fingerprint density at radius 1 is 1.06 bits per heavy atom. The van der Waals surface area contributed by atoms with Crippen LogP contribution in [-0.2, 0) is 16.4 Å². The molecule has 0 bridgehead atoms. The van der Waals surface area contributed by atoms with Crippen molar-refractivity contribution in [1.82, 2.24) is 9.55 Å². The molecule has 0 saturated heterocycles. The second-order valence-corrected chi connectivity index (χ2v) is 9.47. The first kappa shape index (κ1) is 23.3. The largest absolute Gasteiger partial charge is 0.496 e. The molecule has 0 fully saturated rings. The molecule has 0 amide bonds. The molecule has 3 aromatic rings. The standard InChI is InChI=1S/C24H27N3O4S/c1-24(2,3)20-15-19(27-13-12-21(28)25-23(27)29)14-17(22(20)31-4)9-6-16-7-10-18(11-8-16)26-32(5)30/h6-15,26H,1-5H3,(H,25,28,29)/b9-6+. The highest BCUT2D eigenvalue weighted by molar-refractivity contribution is 7.85. The van der Waals surface area contributed by atoms with Crippen molar-refractivity contribution in [1.29, 1.82) is 0 Å². The maximum atomic E-state index is 12.4. The lowest BCUT2D eigenvalue weighted by Gasteiger charge is -2.25. The van der Waals surface area contributed by atoms with E-state index in [9.17, 15) is 13.8 Å². The van der Waals surface area contributed by atoms with Crippen LogP contribution in [0.2, 0.25) is 0 Å². The molecule has 32 heavy (non-hydrogen) atoms. The number of nitrogens with one attached hydrogen (secondary N) is 2. The van der Waals surface area contributed by atoms with Crippen molar-refractivity contribution in [2.45, 2.75) is 26.2 Å². The van der Waals surface area contributed by atoms with Gasteiger partial charge in [-0.2, -0.15) is 0 Å². The van der Waals surface area contributed by atoms with Gasteiger partial charge in [0.2, 0.25) is 0 Å². The second-order valence-electron chi connectivity index (χ2n) is 8.36. The Bertz CT molecular complexity index is 1280. The molecule has 1 aromatic heterocycles. The summed E-state index contributed by atoms with van der Waals surface area (Å²) in [6.07, 6.45) is 6.91. The maximum Gasteiger partial charge on any atom is 0.332 e. The van der Waals surface area contributed by atoms with Crippen LogP contribution >= 0.6 is 0 Å². The van der Waals surface area contributed by atoms with Crippen molar-refractivity contribution >= 4 is 28.8 Å². The second kappa shape index (κ2) is 9.40. The van der Waals surface area contributed by atoms with Gasteiger partial charge in [-0.1, -0.05) is 45.1 Å². The lowest BCUT2D eigenvalue weighted by molar-refractivity contribution is 0.396. The van der Waals surface area contributed by atoms with Crippen molar-refractivity contribution in [3.8, 4) is 11.4 Å². The van der Waals surface area contributed by atoms with E-state index in [0.29, 0.717) is 5.69 Å². The van der Waals surface area contributed by atoms with Crippen molar-refractivity contribution in [3.63, 3.8) is 0 Å². The van der Waals surface area contributed by atoms with E-state index in [1.807, 2.05) is 48.6 Å². The molecule has 0 radical (unpaired) electrons. The van der Waals surface area contributed by atoms with E-state index in [4.69, 9.17) is 4.74 Å². The first-order valence-electron chi connectivity index (χ1n) is 10.0. The third-order valence-electron chi connectivity index (χ3n) is 4.84. The summed E-state index contributed by atoms with van der Waals surface area (Å²) in [5.74, 6) is 0.717. The fraction of sp³-hybridized carbons (Fsp3) is 0.250. The third-order valence-corrected chi connectivity index (χ3v) is 5.37. The van der Waals surface area contributed by atoms with Gasteiger partial charge in [-0.3, -0.25) is 14.3 Å². The number of benzene rings is 2. The van der Waals surface area contributed by atoms with E-state index in [1.54, 1.807) is 13.4 Å². The zero-order chi connectivity index (χ0) is 23.5. The molecular weight excluding hydrogens is 426 g/mol. The number of anilines is 1. The van der Waals surface area contributed by atoms with Gasteiger partial charge in [0.25, 0.3) is 5.56 Å². The summed E-state index contributed by atoms with van der Waals surface area (Å²) in [5, 5.41) is 0. The van der Waals surface area contributed by atoms with Crippen LogP contribution in [0.1, 0.15) is 37.5 Å². The van der Waals surface area contributed by atoms with E-state index in [1.165, 1.54) is 16.8 Å². The number of ether oxygens (including phenoxy) is 1. The van der Waals surface area contributed by atoms with Crippen molar-refractivity contribution in [2.24, 2.45) is 0 Å². The minimum absolute atomic E-state index is 0.251. The summed E-state index contributed by atoms with van der Waals surface area (Å²) in [6.45, 7) is 6.21. The Hall–Kier alpha value is -3.39. The highest BCUT2D eigenvalue weighted by atomic mass is 32.2. The SMILES string of the molecule is COc1c(/C=C/c2ccc(NS(C)=O)cc2)cc(-n2ccc(=O)[nH]c2=O)cc1C(C)(C)C. The fourth-order valence-electron chi connectivity index (χ4n) is 3.32. The molecule has 0 aliphatic rings. The summed E-state index contributed by atoms with van der Waals surface area (Å²) in [4.78, 5) is 26.2. The molecule has 2 aromatic carbocycles. The number of hydrogen-bond acceptors (Lipinski definition) is 4. The van der Waals surface area contributed by atoms with E-state index < -0.39 is 22.2 Å². The number of nitrogens with zero attached hydrogens (tertiary/aromatic N) is 1. The van der Waals surface area contributed by atoms with Gasteiger partial charge in [-0.25, -0.2) is 9.00 Å². The first-order chi connectivity index (χ1) is 15.1. The Labute approximate surface area is 189 Å². The number of aromatic amines is 1. The number of aromatic nitrogens is 2. The first-order valence-corrected chi connectivity index (χ1v) is 11.6. The average Bonchev–Trinajstić information content (AvgIpc) is 2.71. The van der Waals surface area contributed by atoms with Gasteiger partial charge < -0.3 is 9.46 Å². The molecule has 1 unspecified atom stereocenters. The summed E-state index contributed by atoms with van der Waals surface area (Å²) < 4.78 is 21.3. The van der Waals surface area contributed by atoms with Crippen LogP contribution in [0.25, 0.3) is 17.8 Å². The minimum Gasteiger partial charge on any atom is -0.496 e. The zero-order valence-electron chi connectivity index (χ0n) is 18.8. The van der Waals surface area contributed by atoms with Crippen LogP contribution in [0, 0.1) is 0 Å². The smallest absolute Gasteiger partial charge is 0.332 e. The van der Waals surface area contributed by atoms with E-state index in [0.717, 1.165) is 28.1 Å². The van der Waals surface area contributed by atoms with Crippen LogP contribution in [0.3, 0.4) is 0 Å². The predicted octanol–water partition coefficient (Wildman–Crippen LogP) is 3.71. The summed E-state index contributed by atoms with van der Waals surface area (Å²) in [5.41, 5.74) is 2.87. The number of methoxy groups -OCH3 is 1. The van der Waals surface area contributed by atoms with Crippen LogP contribution in [0.15, 0.2) is 58.3 Å². The average molecular weight is 454 g/mol. The van der Waals surface area contributed by atoms with Crippen molar-refractivity contribution < 1.29 is 8.95 Å². The lowest BCUT2D eigenvalue weighted by atomic mass is 9.84. The van der Waals surface area contributed by atoms with Gasteiger partial charge >= 0.3 is 5.69 Å². The Morgan fingerprint density at radius 2 is 1.75 bits per heavy atom. The van der Waals surface area contributed by atoms with Gasteiger partial charge in [0.1, 0.15) is 16.7 Å². The fourth-order valence-corrected chi connectivity index (χ4v) is 3.79. The Kier molecular flexibility index (Phi) is 6.84. The van der Waals surface area contributed by atoms with Gasteiger partial charge in [-0.05, 0) is 35.2 Å². The van der Waals surface area contributed by atoms with Crippen molar-refractivity contribution in [2.75, 3.05) is 18.1 Å². The predicted molar refractivity (Wildman–Crippen MR) is 131 cm³/mol. The summed E-state index contributed by atoms with van der Waals surface area (Å²) >= 11 is 0.